The summed E-state index contributed by atoms with van der Waals surface area (Å²) in [5.74, 6) is 0.793. The minimum Gasteiger partial charge on any atom is -0.497 e. The number of benzene rings is 2. The lowest BCUT2D eigenvalue weighted by atomic mass is 9.83. The highest BCUT2D eigenvalue weighted by atomic mass is 16.5. The summed E-state index contributed by atoms with van der Waals surface area (Å²) in [5, 5.41) is 10.5. The van der Waals surface area contributed by atoms with Crippen LogP contribution in [0.4, 0.5) is 0 Å². The molecule has 1 aliphatic carbocycles. The van der Waals surface area contributed by atoms with Crippen LogP contribution in [0.15, 0.2) is 54.6 Å². The second kappa shape index (κ2) is 4.90. The molecule has 96 valence electrons. The first-order valence-electron chi connectivity index (χ1n) is 6.39. The molecule has 1 N–H and O–H groups in total. The molecule has 3 rings (SSSR count). The normalized spacial score (nSPS) is 20.9. The van der Waals surface area contributed by atoms with E-state index >= 15 is 0 Å². The SMILES string of the molecule is COc1cccc([C@H]2C=Cc3ccccc3[C@H]2O)c1. The third-order valence-electron chi connectivity index (χ3n) is 3.62. The lowest BCUT2D eigenvalue weighted by Gasteiger charge is -2.26. The van der Waals surface area contributed by atoms with Gasteiger partial charge in [0.05, 0.1) is 13.2 Å². The van der Waals surface area contributed by atoms with Crippen molar-refractivity contribution in [2.24, 2.45) is 0 Å². The second-order valence-electron chi connectivity index (χ2n) is 4.74. The van der Waals surface area contributed by atoms with Gasteiger partial charge in [-0.2, -0.15) is 0 Å². The molecule has 0 spiro atoms. The van der Waals surface area contributed by atoms with Gasteiger partial charge in [0.1, 0.15) is 5.75 Å². The Morgan fingerprint density at radius 2 is 1.89 bits per heavy atom. The topological polar surface area (TPSA) is 29.5 Å². The Balaban J connectivity index is 2.00. The van der Waals surface area contributed by atoms with Crippen LogP contribution in [-0.4, -0.2) is 12.2 Å². The Labute approximate surface area is 113 Å². The van der Waals surface area contributed by atoms with Crippen LogP contribution in [0.5, 0.6) is 5.75 Å². The zero-order valence-electron chi connectivity index (χ0n) is 10.8. The average Bonchev–Trinajstić information content (AvgIpc) is 2.48. The van der Waals surface area contributed by atoms with Gasteiger partial charge in [0, 0.05) is 5.92 Å². The summed E-state index contributed by atoms with van der Waals surface area (Å²) >= 11 is 0. The molecule has 0 heterocycles. The van der Waals surface area contributed by atoms with Crippen LogP contribution < -0.4 is 4.74 Å². The largest absolute Gasteiger partial charge is 0.497 e. The van der Waals surface area contributed by atoms with Crippen molar-refractivity contribution in [1.29, 1.82) is 0 Å². The second-order valence-corrected chi connectivity index (χ2v) is 4.74. The predicted molar refractivity (Wildman–Crippen MR) is 76.2 cm³/mol. The summed E-state index contributed by atoms with van der Waals surface area (Å²) in [5.41, 5.74) is 3.14. The monoisotopic (exact) mass is 252 g/mol. The van der Waals surface area contributed by atoms with Crippen LogP contribution in [0.1, 0.15) is 28.7 Å². The number of ether oxygens (including phenoxy) is 1. The van der Waals surface area contributed by atoms with E-state index in [0.29, 0.717) is 0 Å². The lowest BCUT2D eigenvalue weighted by molar-refractivity contribution is 0.160. The Kier molecular flexibility index (Phi) is 3.10. The zero-order valence-corrected chi connectivity index (χ0v) is 10.8. The Bertz CT molecular complexity index is 616. The van der Waals surface area contributed by atoms with Crippen molar-refractivity contribution in [2.45, 2.75) is 12.0 Å². The maximum absolute atomic E-state index is 10.5. The number of aliphatic hydroxyl groups excluding tert-OH is 1. The van der Waals surface area contributed by atoms with Crippen LogP contribution in [0.3, 0.4) is 0 Å². The molecular weight excluding hydrogens is 236 g/mol. The Morgan fingerprint density at radius 3 is 2.74 bits per heavy atom. The van der Waals surface area contributed by atoms with E-state index in [0.717, 1.165) is 22.4 Å². The molecule has 2 aromatic carbocycles. The van der Waals surface area contributed by atoms with Gasteiger partial charge in [0.15, 0.2) is 0 Å². The molecule has 0 saturated heterocycles. The van der Waals surface area contributed by atoms with Gasteiger partial charge in [-0.25, -0.2) is 0 Å². The molecule has 0 amide bonds. The van der Waals surface area contributed by atoms with Gasteiger partial charge in [-0.1, -0.05) is 48.6 Å². The fourth-order valence-corrected chi connectivity index (χ4v) is 2.58. The predicted octanol–water partition coefficient (Wildman–Crippen LogP) is 3.54. The van der Waals surface area contributed by atoms with Gasteiger partial charge in [-0.15, -0.1) is 0 Å². The Morgan fingerprint density at radius 1 is 1.05 bits per heavy atom. The molecule has 0 saturated carbocycles. The highest BCUT2D eigenvalue weighted by Gasteiger charge is 2.25. The van der Waals surface area contributed by atoms with E-state index in [1.54, 1.807) is 7.11 Å². The third-order valence-corrected chi connectivity index (χ3v) is 3.62. The minimum absolute atomic E-state index is 0.0231. The quantitative estimate of drug-likeness (QED) is 0.885. The molecule has 2 aromatic rings. The summed E-state index contributed by atoms with van der Waals surface area (Å²) in [6.45, 7) is 0. The number of aliphatic hydroxyl groups is 1. The van der Waals surface area contributed by atoms with Crippen LogP contribution in [0, 0.1) is 0 Å². The van der Waals surface area contributed by atoms with E-state index in [1.807, 2.05) is 48.5 Å². The lowest BCUT2D eigenvalue weighted by Crippen LogP contribution is -2.13. The van der Waals surface area contributed by atoms with Crippen molar-refractivity contribution in [1.82, 2.24) is 0 Å². The molecule has 0 aliphatic heterocycles. The maximum atomic E-state index is 10.5. The highest BCUT2D eigenvalue weighted by molar-refractivity contribution is 5.60. The number of rotatable bonds is 2. The van der Waals surface area contributed by atoms with Crippen molar-refractivity contribution >= 4 is 6.08 Å². The van der Waals surface area contributed by atoms with E-state index in [2.05, 4.69) is 12.2 Å². The molecule has 19 heavy (non-hydrogen) atoms. The van der Waals surface area contributed by atoms with E-state index in [9.17, 15) is 5.11 Å². The van der Waals surface area contributed by atoms with Crippen LogP contribution in [-0.2, 0) is 0 Å². The fraction of sp³-hybridized carbons (Fsp3) is 0.176. The minimum atomic E-state index is -0.506. The smallest absolute Gasteiger partial charge is 0.119 e. The van der Waals surface area contributed by atoms with Crippen LogP contribution in [0.25, 0.3) is 6.08 Å². The molecule has 0 bridgehead atoms. The molecule has 1 aliphatic rings. The molecular formula is C17H16O2. The van der Waals surface area contributed by atoms with Crippen molar-refractivity contribution < 1.29 is 9.84 Å². The molecule has 2 atom stereocenters. The van der Waals surface area contributed by atoms with Gasteiger partial charge in [-0.3, -0.25) is 0 Å². The van der Waals surface area contributed by atoms with Gasteiger partial charge >= 0.3 is 0 Å². The van der Waals surface area contributed by atoms with Gasteiger partial charge in [0.25, 0.3) is 0 Å². The average molecular weight is 252 g/mol. The first-order chi connectivity index (χ1) is 9.29. The first kappa shape index (κ1) is 12.0. The summed E-state index contributed by atoms with van der Waals surface area (Å²) in [6, 6.07) is 15.8. The molecule has 0 aromatic heterocycles. The third kappa shape index (κ3) is 2.15. The van der Waals surface area contributed by atoms with E-state index in [4.69, 9.17) is 4.74 Å². The van der Waals surface area contributed by atoms with E-state index in [-0.39, 0.29) is 5.92 Å². The summed E-state index contributed by atoms with van der Waals surface area (Å²) in [6.07, 6.45) is 3.63. The van der Waals surface area contributed by atoms with Gasteiger partial charge in [0.2, 0.25) is 0 Å². The van der Waals surface area contributed by atoms with Crippen molar-refractivity contribution in [2.75, 3.05) is 7.11 Å². The Hall–Kier alpha value is -2.06. The molecule has 2 heteroatoms. The maximum Gasteiger partial charge on any atom is 0.119 e. The van der Waals surface area contributed by atoms with Crippen molar-refractivity contribution in [3.8, 4) is 5.75 Å². The number of fused-ring (bicyclic) bond motifs is 1. The highest BCUT2D eigenvalue weighted by Crippen LogP contribution is 2.39. The van der Waals surface area contributed by atoms with Gasteiger partial charge in [-0.05, 0) is 28.8 Å². The molecule has 0 fully saturated rings. The molecule has 0 unspecified atom stereocenters. The van der Waals surface area contributed by atoms with Crippen LogP contribution >= 0.6 is 0 Å². The van der Waals surface area contributed by atoms with Gasteiger partial charge < -0.3 is 9.84 Å². The van der Waals surface area contributed by atoms with Crippen molar-refractivity contribution in [3.05, 3.63) is 71.3 Å². The van der Waals surface area contributed by atoms with E-state index in [1.165, 1.54) is 0 Å². The summed E-state index contributed by atoms with van der Waals surface area (Å²) in [7, 11) is 1.65. The number of methoxy groups -OCH3 is 1. The molecule has 2 nitrogen and oxygen atoms in total. The van der Waals surface area contributed by atoms with E-state index < -0.39 is 6.10 Å². The zero-order chi connectivity index (χ0) is 13.2. The number of hydrogen-bond acceptors (Lipinski definition) is 2. The fourth-order valence-electron chi connectivity index (χ4n) is 2.58. The van der Waals surface area contributed by atoms with Crippen LogP contribution in [0.2, 0.25) is 0 Å². The van der Waals surface area contributed by atoms with Crippen molar-refractivity contribution in [3.63, 3.8) is 0 Å². The summed E-state index contributed by atoms with van der Waals surface area (Å²) < 4.78 is 5.24. The standard InChI is InChI=1S/C17H16O2/c1-19-14-7-4-6-13(11-14)16-10-9-12-5-2-3-8-15(12)17(16)18/h2-11,16-18H,1H3/t16-,17-/m1/s1. The number of hydrogen-bond donors (Lipinski definition) is 1. The molecule has 0 radical (unpaired) electrons. The summed E-state index contributed by atoms with van der Waals surface area (Å²) in [4.78, 5) is 0. The first-order valence-corrected chi connectivity index (χ1v) is 6.39.